The molecule has 0 heterocycles. The molecule has 1 amide bonds. The quantitative estimate of drug-likeness (QED) is 0.157. The summed E-state index contributed by atoms with van der Waals surface area (Å²) < 4.78 is 15.3. The summed E-state index contributed by atoms with van der Waals surface area (Å²) in [5, 5.41) is 3.02. The lowest BCUT2D eigenvalue weighted by Crippen LogP contribution is -2.14. The fraction of sp³-hybridized carbons (Fsp3) is 0.0741. The van der Waals surface area contributed by atoms with Gasteiger partial charge in [0.05, 0.1) is 5.56 Å². The molecule has 0 aliphatic rings. The lowest BCUT2D eigenvalue weighted by atomic mass is 10.2. The molecule has 4 rings (SSSR count). The standard InChI is InChI=1S/C27H20I3NO3/c1-16-7-3-5-9-24(16)33-20-13-19(14-21(15-20)34-25-10-6-4-8-17(25)2)31-27(32)22-11-18(28)12-23(29)26(22)30/h3-15H,1-2H3,(H,31,32). The number of halogens is 3. The van der Waals surface area contributed by atoms with Crippen LogP contribution in [0.15, 0.2) is 78.9 Å². The highest BCUT2D eigenvalue weighted by atomic mass is 127. The van der Waals surface area contributed by atoms with Gasteiger partial charge in [0, 0.05) is 34.6 Å². The van der Waals surface area contributed by atoms with Gasteiger partial charge in [-0.3, -0.25) is 4.79 Å². The maximum atomic E-state index is 13.2. The Morgan fingerprint density at radius 3 is 1.79 bits per heavy atom. The Balaban J connectivity index is 1.70. The van der Waals surface area contributed by atoms with Crippen molar-refractivity contribution >= 4 is 79.4 Å². The van der Waals surface area contributed by atoms with Gasteiger partial charge in [0.1, 0.15) is 23.0 Å². The number of ether oxygens (including phenoxy) is 2. The molecule has 34 heavy (non-hydrogen) atoms. The highest BCUT2D eigenvalue weighted by Gasteiger charge is 2.16. The number of rotatable bonds is 6. The molecule has 4 aromatic rings. The monoisotopic (exact) mass is 787 g/mol. The number of nitrogens with one attached hydrogen (secondary N) is 1. The van der Waals surface area contributed by atoms with Gasteiger partial charge in [-0.25, -0.2) is 0 Å². The normalized spacial score (nSPS) is 10.6. The predicted molar refractivity (Wildman–Crippen MR) is 161 cm³/mol. The molecule has 0 fully saturated rings. The van der Waals surface area contributed by atoms with Gasteiger partial charge in [-0.15, -0.1) is 0 Å². The second-order valence-corrected chi connectivity index (χ2v) is 11.1. The van der Waals surface area contributed by atoms with Gasteiger partial charge in [0.2, 0.25) is 0 Å². The summed E-state index contributed by atoms with van der Waals surface area (Å²) >= 11 is 6.68. The van der Waals surface area contributed by atoms with Crippen LogP contribution in [0.5, 0.6) is 23.0 Å². The number of benzene rings is 4. The molecule has 0 aliphatic heterocycles. The molecular weight excluding hydrogens is 767 g/mol. The summed E-state index contributed by atoms with van der Waals surface area (Å²) in [6, 6.07) is 25.0. The molecule has 0 aromatic heterocycles. The first-order valence-electron chi connectivity index (χ1n) is 10.4. The predicted octanol–water partition coefficient (Wildman–Crippen LogP) is 8.95. The Hall–Kier alpha value is -1.86. The topological polar surface area (TPSA) is 47.6 Å². The Labute approximate surface area is 239 Å². The fourth-order valence-corrected chi connectivity index (χ4v) is 5.68. The van der Waals surface area contributed by atoms with E-state index in [9.17, 15) is 4.79 Å². The van der Waals surface area contributed by atoms with Gasteiger partial charge < -0.3 is 14.8 Å². The average Bonchev–Trinajstić information content (AvgIpc) is 2.79. The molecule has 0 bridgehead atoms. The van der Waals surface area contributed by atoms with Crippen molar-refractivity contribution in [1.29, 1.82) is 0 Å². The van der Waals surface area contributed by atoms with Crippen LogP contribution in [0, 0.1) is 24.6 Å². The van der Waals surface area contributed by atoms with E-state index < -0.39 is 0 Å². The maximum Gasteiger partial charge on any atom is 0.256 e. The third-order valence-corrected chi connectivity index (χ3v) is 8.69. The minimum absolute atomic E-state index is 0.185. The Bertz CT molecular complexity index is 1310. The molecule has 4 nitrogen and oxygen atoms in total. The van der Waals surface area contributed by atoms with Crippen LogP contribution in [0.25, 0.3) is 0 Å². The SMILES string of the molecule is Cc1ccccc1Oc1cc(NC(=O)c2cc(I)cc(I)c2I)cc(Oc2ccccc2C)c1. The minimum atomic E-state index is -0.185. The highest BCUT2D eigenvalue weighted by molar-refractivity contribution is 14.1. The smallest absolute Gasteiger partial charge is 0.256 e. The zero-order valence-corrected chi connectivity index (χ0v) is 24.8. The van der Waals surface area contributed by atoms with Crippen LogP contribution in [-0.4, -0.2) is 5.91 Å². The van der Waals surface area contributed by atoms with Gasteiger partial charge in [-0.1, -0.05) is 36.4 Å². The van der Waals surface area contributed by atoms with E-state index in [0.717, 1.165) is 33.3 Å². The summed E-state index contributed by atoms with van der Waals surface area (Å²) in [7, 11) is 0. The van der Waals surface area contributed by atoms with Crippen LogP contribution in [-0.2, 0) is 0 Å². The first-order chi connectivity index (χ1) is 16.3. The van der Waals surface area contributed by atoms with Crippen molar-refractivity contribution in [3.05, 3.63) is 106 Å². The molecule has 7 heteroatoms. The Kier molecular flexibility index (Phi) is 8.35. The summed E-state index contributed by atoms with van der Waals surface area (Å²) in [5.74, 6) is 2.45. The van der Waals surface area contributed by atoms with E-state index in [4.69, 9.17) is 9.47 Å². The largest absolute Gasteiger partial charge is 0.457 e. The number of hydrogen-bond donors (Lipinski definition) is 1. The molecule has 172 valence electrons. The summed E-state index contributed by atoms with van der Waals surface area (Å²) in [5.41, 5.74) is 3.25. The van der Waals surface area contributed by atoms with Crippen LogP contribution in [0.1, 0.15) is 21.5 Å². The van der Waals surface area contributed by atoms with E-state index in [1.54, 1.807) is 12.1 Å². The van der Waals surface area contributed by atoms with Crippen molar-refractivity contribution in [2.24, 2.45) is 0 Å². The zero-order valence-electron chi connectivity index (χ0n) is 18.4. The second-order valence-electron chi connectivity index (χ2n) is 7.63. The Morgan fingerprint density at radius 2 is 1.26 bits per heavy atom. The van der Waals surface area contributed by atoms with Crippen molar-refractivity contribution in [2.45, 2.75) is 13.8 Å². The summed E-state index contributed by atoms with van der Waals surface area (Å²) in [6.45, 7) is 3.98. The lowest BCUT2D eigenvalue weighted by molar-refractivity contribution is 0.102. The molecule has 0 saturated heterocycles. The van der Waals surface area contributed by atoms with Gasteiger partial charge >= 0.3 is 0 Å². The van der Waals surface area contributed by atoms with Gasteiger partial charge in [-0.05, 0) is 117 Å². The molecule has 1 N–H and O–H groups in total. The van der Waals surface area contributed by atoms with Crippen LogP contribution >= 0.6 is 67.8 Å². The van der Waals surface area contributed by atoms with Gasteiger partial charge in [-0.2, -0.15) is 0 Å². The van der Waals surface area contributed by atoms with Crippen LogP contribution in [0.2, 0.25) is 0 Å². The van der Waals surface area contributed by atoms with E-state index in [1.807, 2.05) is 80.6 Å². The van der Waals surface area contributed by atoms with Crippen molar-refractivity contribution in [3.8, 4) is 23.0 Å². The number of carbonyl (C=O) groups excluding carboxylic acids is 1. The van der Waals surface area contributed by atoms with E-state index >= 15 is 0 Å². The number of para-hydroxylation sites is 2. The summed E-state index contributed by atoms with van der Waals surface area (Å²) in [4.78, 5) is 13.2. The van der Waals surface area contributed by atoms with Crippen molar-refractivity contribution in [3.63, 3.8) is 0 Å². The molecule has 0 unspecified atom stereocenters. The van der Waals surface area contributed by atoms with Crippen LogP contribution in [0.3, 0.4) is 0 Å². The van der Waals surface area contributed by atoms with E-state index in [1.165, 1.54) is 0 Å². The third kappa shape index (κ3) is 6.22. The third-order valence-electron chi connectivity index (χ3n) is 5.02. The van der Waals surface area contributed by atoms with Crippen LogP contribution in [0.4, 0.5) is 5.69 Å². The van der Waals surface area contributed by atoms with Crippen molar-refractivity contribution < 1.29 is 14.3 Å². The molecule has 4 aromatic carbocycles. The first-order valence-corrected chi connectivity index (χ1v) is 13.6. The molecular formula is C27H20I3NO3. The number of carbonyl (C=O) groups is 1. The average molecular weight is 787 g/mol. The first kappa shape index (κ1) is 25.2. The van der Waals surface area contributed by atoms with Gasteiger partial charge in [0.15, 0.2) is 0 Å². The van der Waals surface area contributed by atoms with E-state index in [2.05, 4.69) is 73.1 Å². The molecule has 0 aliphatic carbocycles. The second kappa shape index (κ2) is 11.3. The highest BCUT2D eigenvalue weighted by Crippen LogP contribution is 2.34. The van der Waals surface area contributed by atoms with E-state index in [-0.39, 0.29) is 5.91 Å². The molecule has 0 atom stereocenters. The molecule has 0 saturated carbocycles. The number of aryl methyl sites for hydroxylation is 2. The molecule has 0 spiro atoms. The fourth-order valence-electron chi connectivity index (χ4n) is 3.28. The number of anilines is 1. The minimum Gasteiger partial charge on any atom is -0.457 e. The van der Waals surface area contributed by atoms with Gasteiger partial charge in [0.25, 0.3) is 5.91 Å². The number of amides is 1. The number of hydrogen-bond acceptors (Lipinski definition) is 3. The van der Waals surface area contributed by atoms with Crippen LogP contribution < -0.4 is 14.8 Å². The van der Waals surface area contributed by atoms with Crippen molar-refractivity contribution in [1.82, 2.24) is 0 Å². The maximum absolute atomic E-state index is 13.2. The molecule has 0 radical (unpaired) electrons. The zero-order chi connectivity index (χ0) is 24.2. The lowest BCUT2D eigenvalue weighted by Gasteiger charge is -2.15. The summed E-state index contributed by atoms with van der Waals surface area (Å²) in [6.07, 6.45) is 0. The Morgan fingerprint density at radius 1 is 0.735 bits per heavy atom. The van der Waals surface area contributed by atoms with E-state index in [0.29, 0.717) is 22.7 Å². The van der Waals surface area contributed by atoms with Crippen molar-refractivity contribution in [2.75, 3.05) is 5.32 Å².